The molecule has 4 nitrogen and oxygen atoms in total. The lowest BCUT2D eigenvalue weighted by Crippen LogP contribution is -2.43. The van der Waals surface area contributed by atoms with E-state index in [1.807, 2.05) is 25.7 Å². The standard InChI is InChI=1S/C18H34N2O2/c1-13(2)14-6-8-15(9-7-14)19-16-10-11-20(12-16)17(21)22-18(3,4)5/h13-16,19H,6-12H2,1-5H3. The number of hydrogen-bond acceptors (Lipinski definition) is 3. The van der Waals surface area contributed by atoms with Crippen molar-refractivity contribution in [2.75, 3.05) is 13.1 Å². The molecule has 22 heavy (non-hydrogen) atoms. The van der Waals surface area contributed by atoms with Crippen molar-refractivity contribution in [3.63, 3.8) is 0 Å². The summed E-state index contributed by atoms with van der Waals surface area (Å²) in [5.41, 5.74) is -0.405. The SMILES string of the molecule is CC(C)C1CCC(NC2CCN(C(=O)OC(C)(C)C)C2)CC1. The predicted octanol–water partition coefficient (Wildman–Crippen LogP) is 3.80. The third-order valence-corrected chi connectivity index (χ3v) is 5.03. The maximum Gasteiger partial charge on any atom is 0.410 e. The van der Waals surface area contributed by atoms with Gasteiger partial charge in [0.05, 0.1) is 0 Å². The first-order valence-electron chi connectivity index (χ1n) is 8.98. The van der Waals surface area contributed by atoms with Gasteiger partial charge >= 0.3 is 6.09 Å². The van der Waals surface area contributed by atoms with Crippen LogP contribution < -0.4 is 5.32 Å². The molecule has 1 heterocycles. The van der Waals surface area contributed by atoms with Crippen molar-refractivity contribution < 1.29 is 9.53 Å². The van der Waals surface area contributed by atoms with Gasteiger partial charge in [-0.1, -0.05) is 13.8 Å². The normalized spacial score (nSPS) is 29.9. The van der Waals surface area contributed by atoms with E-state index in [0.29, 0.717) is 12.1 Å². The first kappa shape index (κ1) is 17.6. The van der Waals surface area contributed by atoms with Gasteiger partial charge in [-0.3, -0.25) is 0 Å². The lowest BCUT2D eigenvalue weighted by molar-refractivity contribution is 0.0290. The van der Waals surface area contributed by atoms with Crippen LogP contribution in [0.4, 0.5) is 4.79 Å². The molecule has 1 amide bonds. The Morgan fingerprint density at radius 2 is 1.73 bits per heavy atom. The molecule has 2 rings (SSSR count). The smallest absolute Gasteiger partial charge is 0.410 e. The molecule has 0 aromatic carbocycles. The van der Waals surface area contributed by atoms with Gasteiger partial charge in [-0.2, -0.15) is 0 Å². The van der Waals surface area contributed by atoms with Crippen LogP contribution in [0.5, 0.6) is 0 Å². The first-order valence-corrected chi connectivity index (χ1v) is 8.98. The van der Waals surface area contributed by atoms with Gasteiger partial charge in [-0.25, -0.2) is 4.79 Å². The van der Waals surface area contributed by atoms with Crippen molar-refractivity contribution >= 4 is 6.09 Å². The third-order valence-electron chi connectivity index (χ3n) is 5.03. The molecule has 1 saturated carbocycles. The molecule has 128 valence electrons. The Kier molecular flexibility index (Phi) is 5.76. The number of nitrogens with one attached hydrogen (secondary N) is 1. The Morgan fingerprint density at radius 3 is 2.27 bits per heavy atom. The quantitative estimate of drug-likeness (QED) is 0.862. The summed E-state index contributed by atoms with van der Waals surface area (Å²) in [6, 6.07) is 1.08. The van der Waals surface area contributed by atoms with Gasteiger partial charge in [0, 0.05) is 25.2 Å². The van der Waals surface area contributed by atoms with Crippen LogP contribution >= 0.6 is 0 Å². The molecule has 0 bridgehead atoms. The van der Waals surface area contributed by atoms with Gasteiger partial charge in [-0.15, -0.1) is 0 Å². The summed E-state index contributed by atoms with van der Waals surface area (Å²) in [6.07, 6.45) is 6.14. The molecule has 0 aromatic rings. The number of hydrogen-bond donors (Lipinski definition) is 1. The summed E-state index contributed by atoms with van der Waals surface area (Å²) < 4.78 is 5.46. The highest BCUT2D eigenvalue weighted by atomic mass is 16.6. The Balaban J connectivity index is 1.72. The molecule has 0 radical (unpaired) electrons. The molecular weight excluding hydrogens is 276 g/mol. The zero-order valence-corrected chi connectivity index (χ0v) is 15.0. The fraction of sp³-hybridized carbons (Fsp3) is 0.944. The Bertz CT molecular complexity index is 368. The highest BCUT2D eigenvalue weighted by Gasteiger charge is 2.32. The van der Waals surface area contributed by atoms with Crippen LogP contribution in [-0.2, 0) is 4.74 Å². The van der Waals surface area contributed by atoms with Crippen molar-refractivity contribution in [1.29, 1.82) is 0 Å². The zero-order valence-electron chi connectivity index (χ0n) is 15.0. The van der Waals surface area contributed by atoms with Gasteiger partial charge in [0.2, 0.25) is 0 Å². The molecule has 0 spiro atoms. The highest BCUT2D eigenvalue weighted by molar-refractivity contribution is 5.68. The fourth-order valence-corrected chi connectivity index (χ4v) is 3.67. The van der Waals surface area contributed by atoms with E-state index >= 15 is 0 Å². The molecule has 0 aromatic heterocycles. The summed E-state index contributed by atoms with van der Waals surface area (Å²) in [5, 5.41) is 3.78. The van der Waals surface area contributed by atoms with Crippen LogP contribution in [0, 0.1) is 11.8 Å². The molecule has 4 heteroatoms. The van der Waals surface area contributed by atoms with Crippen molar-refractivity contribution in [2.45, 2.75) is 84.4 Å². The first-order chi connectivity index (χ1) is 10.2. The number of ether oxygens (including phenoxy) is 1. The molecule has 1 N–H and O–H groups in total. The van der Waals surface area contributed by atoms with Crippen LogP contribution in [0.2, 0.25) is 0 Å². The van der Waals surface area contributed by atoms with Crippen LogP contribution in [-0.4, -0.2) is 41.8 Å². The lowest BCUT2D eigenvalue weighted by Gasteiger charge is -2.33. The van der Waals surface area contributed by atoms with E-state index in [2.05, 4.69) is 19.2 Å². The topological polar surface area (TPSA) is 41.6 Å². The molecule has 1 aliphatic carbocycles. The number of amides is 1. The third kappa shape index (κ3) is 5.15. The van der Waals surface area contributed by atoms with Crippen molar-refractivity contribution in [1.82, 2.24) is 10.2 Å². The van der Waals surface area contributed by atoms with Gasteiger partial charge in [0.25, 0.3) is 0 Å². The van der Waals surface area contributed by atoms with Crippen LogP contribution in [0.1, 0.15) is 66.7 Å². The van der Waals surface area contributed by atoms with Gasteiger partial charge in [-0.05, 0) is 64.7 Å². The summed E-state index contributed by atoms with van der Waals surface area (Å²) in [4.78, 5) is 13.9. The van der Waals surface area contributed by atoms with Crippen molar-refractivity contribution in [3.8, 4) is 0 Å². The predicted molar refractivity (Wildman–Crippen MR) is 89.9 cm³/mol. The monoisotopic (exact) mass is 310 g/mol. The average Bonchev–Trinajstić information content (AvgIpc) is 2.86. The van der Waals surface area contributed by atoms with E-state index in [1.165, 1.54) is 25.7 Å². The molecule has 1 aliphatic heterocycles. The van der Waals surface area contributed by atoms with Gasteiger partial charge in [0.15, 0.2) is 0 Å². The van der Waals surface area contributed by atoms with E-state index < -0.39 is 5.60 Å². The average molecular weight is 310 g/mol. The Morgan fingerprint density at radius 1 is 1.09 bits per heavy atom. The van der Waals surface area contributed by atoms with E-state index in [1.54, 1.807) is 0 Å². The number of carbonyl (C=O) groups excluding carboxylic acids is 1. The maximum absolute atomic E-state index is 12.1. The maximum atomic E-state index is 12.1. The van der Waals surface area contributed by atoms with Crippen molar-refractivity contribution in [2.24, 2.45) is 11.8 Å². The van der Waals surface area contributed by atoms with Crippen molar-refractivity contribution in [3.05, 3.63) is 0 Å². The molecular formula is C18H34N2O2. The number of rotatable bonds is 3. The summed E-state index contributed by atoms with van der Waals surface area (Å²) in [5.74, 6) is 1.72. The summed E-state index contributed by atoms with van der Waals surface area (Å²) in [6.45, 7) is 12.0. The number of nitrogens with zero attached hydrogens (tertiary/aromatic N) is 1. The van der Waals surface area contributed by atoms with Crippen LogP contribution in [0.25, 0.3) is 0 Å². The Labute approximate surface area is 136 Å². The fourth-order valence-electron chi connectivity index (χ4n) is 3.67. The molecule has 1 atom stereocenters. The summed E-state index contributed by atoms with van der Waals surface area (Å²) in [7, 11) is 0. The number of likely N-dealkylation sites (tertiary alicyclic amines) is 1. The van der Waals surface area contributed by atoms with E-state index in [4.69, 9.17) is 4.74 Å². The minimum absolute atomic E-state index is 0.166. The van der Waals surface area contributed by atoms with Crippen LogP contribution in [0.15, 0.2) is 0 Å². The molecule has 1 saturated heterocycles. The zero-order chi connectivity index (χ0) is 16.3. The molecule has 2 fully saturated rings. The van der Waals surface area contributed by atoms with E-state index in [0.717, 1.165) is 31.3 Å². The van der Waals surface area contributed by atoms with Gasteiger partial charge < -0.3 is 15.0 Å². The largest absolute Gasteiger partial charge is 0.444 e. The molecule has 2 aliphatic rings. The number of carbonyl (C=O) groups is 1. The highest BCUT2D eigenvalue weighted by Crippen LogP contribution is 2.30. The summed E-state index contributed by atoms with van der Waals surface area (Å²) >= 11 is 0. The van der Waals surface area contributed by atoms with Gasteiger partial charge in [0.1, 0.15) is 5.60 Å². The van der Waals surface area contributed by atoms with E-state index in [9.17, 15) is 4.79 Å². The second-order valence-electron chi connectivity index (χ2n) is 8.43. The lowest BCUT2D eigenvalue weighted by atomic mass is 9.79. The second kappa shape index (κ2) is 7.20. The van der Waals surface area contributed by atoms with Crippen LogP contribution in [0.3, 0.4) is 0 Å². The minimum Gasteiger partial charge on any atom is -0.444 e. The molecule has 1 unspecified atom stereocenters. The Hall–Kier alpha value is -0.770. The van der Waals surface area contributed by atoms with E-state index in [-0.39, 0.29) is 6.09 Å². The second-order valence-corrected chi connectivity index (χ2v) is 8.43. The minimum atomic E-state index is -0.405.